The lowest BCUT2D eigenvalue weighted by atomic mass is 10.1. The predicted octanol–water partition coefficient (Wildman–Crippen LogP) is 4.68. The highest BCUT2D eigenvalue weighted by Crippen LogP contribution is 2.35. The van der Waals surface area contributed by atoms with Crippen LogP contribution in [0.4, 0.5) is 4.79 Å². The van der Waals surface area contributed by atoms with E-state index >= 15 is 0 Å². The number of aromatic nitrogens is 1. The largest absolute Gasteiger partial charge is 0.494 e. The molecular formula is C18H23BrN2O3. The highest BCUT2D eigenvalue weighted by molar-refractivity contribution is 9.10. The summed E-state index contributed by atoms with van der Waals surface area (Å²) in [5.41, 5.74) is -0.474. The summed E-state index contributed by atoms with van der Waals surface area (Å²) in [6, 6.07) is 6.04. The Balaban J connectivity index is 1.71. The molecule has 1 aliphatic rings. The van der Waals surface area contributed by atoms with Gasteiger partial charge < -0.3 is 19.3 Å². The molecule has 5 nitrogen and oxygen atoms in total. The van der Waals surface area contributed by atoms with Gasteiger partial charge in [-0.2, -0.15) is 0 Å². The molecule has 1 saturated heterocycles. The minimum Gasteiger partial charge on any atom is -0.494 e. The monoisotopic (exact) mass is 394 g/mol. The maximum atomic E-state index is 12.1. The van der Waals surface area contributed by atoms with Gasteiger partial charge in [-0.3, -0.25) is 0 Å². The van der Waals surface area contributed by atoms with Crippen molar-refractivity contribution in [2.75, 3.05) is 13.1 Å². The van der Waals surface area contributed by atoms with Crippen molar-refractivity contribution in [1.82, 2.24) is 9.47 Å². The Morgan fingerprint density at radius 2 is 1.96 bits per heavy atom. The zero-order valence-corrected chi connectivity index (χ0v) is 15.8. The molecule has 3 rings (SSSR count). The minimum atomic E-state index is -0.474. The highest BCUT2D eigenvalue weighted by atomic mass is 79.9. The Morgan fingerprint density at radius 3 is 2.58 bits per heavy atom. The van der Waals surface area contributed by atoms with Crippen LogP contribution in [0.2, 0.25) is 0 Å². The van der Waals surface area contributed by atoms with Crippen molar-refractivity contribution in [1.29, 1.82) is 0 Å². The van der Waals surface area contributed by atoms with Crippen LogP contribution in [0.3, 0.4) is 0 Å². The van der Waals surface area contributed by atoms with E-state index in [2.05, 4.69) is 15.9 Å². The van der Waals surface area contributed by atoms with Gasteiger partial charge in [-0.1, -0.05) is 15.9 Å². The van der Waals surface area contributed by atoms with Crippen LogP contribution in [-0.2, 0) is 4.74 Å². The quantitative estimate of drug-likeness (QED) is 0.763. The first-order valence-electron chi connectivity index (χ1n) is 8.21. The lowest BCUT2D eigenvalue weighted by molar-refractivity contribution is 0.0187. The Hall–Kier alpha value is -1.69. The molecule has 2 aromatic rings. The maximum absolute atomic E-state index is 12.1. The molecule has 6 heteroatoms. The number of carbonyl (C=O) groups excluding carboxylic acids is 1. The van der Waals surface area contributed by atoms with E-state index in [0.717, 1.165) is 28.1 Å². The summed E-state index contributed by atoms with van der Waals surface area (Å²) in [7, 11) is 0. The van der Waals surface area contributed by atoms with Crippen LogP contribution in [-0.4, -0.2) is 39.4 Å². The number of piperidine rings is 1. The van der Waals surface area contributed by atoms with E-state index in [9.17, 15) is 9.90 Å². The van der Waals surface area contributed by atoms with Crippen molar-refractivity contribution < 1.29 is 14.6 Å². The second-order valence-corrected chi connectivity index (χ2v) is 8.21. The second-order valence-electron chi connectivity index (χ2n) is 7.29. The van der Waals surface area contributed by atoms with Crippen molar-refractivity contribution in [3.8, 4) is 5.88 Å². The molecule has 0 saturated carbocycles. The maximum Gasteiger partial charge on any atom is 0.410 e. The van der Waals surface area contributed by atoms with E-state index in [-0.39, 0.29) is 12.1 Å². The first-order valence-corrected chi connectivity index (χ1v) is 9.01. The molecule has 1 aromatic heterocycles. The van der Waals surface area contributed by atoms with Crippen molar-refractivity contribution in [2.45, 2.75) is 45.3 Å². The standard InChI is InChI=1S/C18H23BrN2O3/c1-18(2,3)24-17(23)20-8-6-14(7-9-20)21-11-12-10-13(19)4-5-15(12)16(21)22/h4-5,10-11,14,22H,6-9H2,1-3H3. The smallest absolute Gasteiger partial charge is 0.410 e. The Kier molecular flexibility index (Phi) is 4.51. The van der Waals surface area contributed by atoms with Crippen molar-refractivity contribution in [3.63, 3.8) is 0 Å². The van der Waals surface area contributed by atoms with E-state index in [1.165, 1.54) is 0 Å². The lowest BCUT2D eigenvalue weighted by Gasteiger charge is -2.34. The average Bonchev–Trinajstić information content (AvgIpc) is 2.82. The molecule has 130 valence electrons. The first kappa shape index (κ1) is 17.1. The summed E-state index contributed by atoms with van der Waals surface area (Å²) >= 11 is 3.46. The van der Waals surface area contributed by atoms with Gasteiger partial charge in [0.15, 0.2) is 5.88 Å². The van der Waals surface area contributed by atoms with Crippen LogP contribution in [0.5, 0.6) is 5.88 Å². The molecule has 1 N–H and O–H groups in total. The molecule has 1 aliphatic heterocycles. The third-order valence-electron chi connectivity index (χ3n) is 4.29. The number of nitrogens with zero attached hydrogens (tertiary/aromatic N) is 2. The normalized spacial score (nSPS) is 16.6. The second kappa shape index (κ2) is 6.31. The van der Waals surface area contributed by atoms with Crippen LogP contribution < -0.4 is 0 Å². The van der Waals surface area contributed by atoms with Gasteiger partial charge in [0.25, 0.3) is 0 Å². The molecule has 2 heterocycles. The fourth-order valence-electron chi connectivity index (χ4n) is 3.13. The minimum absolute atomic E-state index is 0.190. The summed E-state index contributed by atoms with van der Waals surface area (Å²) in [5, 5.41) is 12.4. The fourth-order valence-corrected chi connectivity index (χ4v) is 3.50. The number of ether oxygens (including phenoxy) is 1. The number of amides is 1. The summed E-state index contributed by atoms with van der Waals surface area (Å²) in [5.74, 6) is 0.299. The average molecular weight is 395 g/mol. The van der Waals surface area contributed by atoms with E-state index in [1.54, 1.807) is 4.90 Å². The van der Waals surface area contributed by atoms with E-state index in [1.807, 2.05) is 49.7 Å². The Labute approximate surface area is 150 Å². The summed E-state index contributed by atoms with van der Waals surface area (Å²) < 4.78 is 8.36. The third kappa shape index (κ3) is 3.53. The molecule has 0 spiro atoms. The number of likely N-dealkylation sites (tertiary alicyclic amines) is 1. The van der Waals surface area contributed by atoms with Gasteiger partial charge >= 0.3 is 6.09 Å². The number of fused-ring (bicyclic) bond motifs is 1. The van der Waals surface area contributed by atoms with E-state index in [4.69, 9.17) is 4.74 Å². The topological polar surface area (TPSA) is 54.7 Å². The molecule has 0 bridgehead atoms. The third-order valence-corrected chi connectivity index (χ3v) is 4.78. The van der Waals surface area contributed by atoms with Crippen LogP contribution >= 0.6 is 15.9 Å². The predicted molar refractivity (Wildman–Crippen MR) is 97.4 cm³/mol. The number of rotatable bonds is 1. The zero-order chi connectivity index (χ0) is 17.5. The first-order chi connectivity index (χ1) is 11.2. The van der Waals surface area contributed by atoms with Crippen LogP contribution in [0.15, 0.2) is 28.9 Å². The van der Waals surface area contributed by atoms with Gasteiger partial charge in [-0.15, -0.1) is 0 Å². The number of hydrogen-bond acceptors (Lipinski definition) is 3. The Bertz CT molecular complexity index is 755. The van der Waals surface area contributed by atoms with Crippen LogP contribution in [0.1, 0.15) is 39.7 Å². The van der Waals surface area contributed by atoms with Gasteiger partial charge in [0, 0.05) is 40.6 Å². The molecule has 1 amide bonds. The SMILES string of the molecule is CC(C)(C)OC(=O)N1CCC(n2cc3cc(Br)ccc3c2O)CC1. The number of hydrogen-bond donors (Lipinski definition) is 1. The van der Waals surface area contributed by atoms with Gasteiger partial charge in [0.05, 0.1) is 0 Å². The van der Waals surface area contributed by atoms with Crippen molar-refractivity contribution >= 4 is 32.8 Å². The highest BCUT2D eigenvalue weighted by Gasteiger charge is 2.28. The molecule has 1 fully saturated rings. The summed E-state index contributed by atoms with van der Waals surface area (Å²) in [6.07, 6.45) is 3.33. The van der Waals surface area contributed by atoms with Gasteiger partial charge in [0.1, 0.15) is 5.60 Å². The van der Waals surface area contributed by atoms with E-state index < -0.39 is 5.60 Å². The number of aromatic hydroxyl groups is 1. The molecule has 1 aromatic carbocycles. The van der Waals surface area contributed by atoms with Crippen molar-refractivity contribution in [2.24, 2.45) is 0 Å². The van der Waals surface area contributed by atoms with Gasteiger partial charge in [0.2, 0.25) is 0 Å². The van der Waals surface area contributed by atoms with Crippen LogP contribution in [0, 0.1) is 0 Å². The molecule has 0 aliphatic carbocycles. The number of carbonyl (C=O) groups is 1. The lowest BCUT2D eigenvalue weighted by Crippen LogP contribution is -2.42. The van der Waals surface area contributed by atoms with Gasteiger partial charge in [-0.05, 0) is 51.8 Å². The molecule has 24 heavy (non-hydrogen) atoms. The number of halogens is 1. The number of benzene rings is 1. The molecular weight excluding hydrogens is 372 g/mol. The van der Waals surface area contributed by atoms with Gasteiger partial charge in [-0.25, -0.2) is 4.79 Å². The summed E-state index contributed by atoms with van der Waals surface area (Å²) in [4.78, 5) is 13.9. The summed E-state index contributed by atoms with van der Waals surface area (Å²) in [6.45, 7) is 6.89. The molecule has 0 atom stereocenters. The van der Waals surface area contributed by atoms with E-state index in [0.29, 0.717) is 19.0 Å². The Morgan fingerprint density at radius 1 is 1.29 bits per heavy atom. The molecule has 0 radical (unpaired) electrons. The van der Waals surface area contributed by atoms with Crippen LogP contribution in [0.25, 0.3) is 10.8 Å². The molecule has 0 unspecified atom stereocenters. The van der Waals surface area contributed by atoms with Crippen molar-refractivity contribution in [3.05, 3.63) is 28.9 Å². The zero-order valence-electron chi connectivity index (χ0n) is 14.3. The fraction of sp³-hybridized carbons (Fsp3) is 0.500.